The lowest BCUT2D eigenvalue weighted by molar-refractivity contribution is -0.149. The molecular formula is C79H138N24O18. The topological polar surface area (TPSA) is 706 Å². The van der Waals surface area contributed by atoms with Crippen LogP contribution in [0.5, 0.6) is 5.75 Å². The second-order valence-corrected chi connectivity index (χ2v) is 31.8. The highest BCUT2D eigenvalue weighted by Crippen LogP contribution is 2.25. The number of carboxylic acid groups (broad SMARTS) is 2. The molecule has 13 atom stereocenters. The summed E-state index contributed by atoms with van der Waals surface area (Å²) in [6.07, 6.45) is 5.72. The molecule has 3 fully saturated rings. The summed E-state index contributed by atoms with van der Waals surface area (Å²) in [6.45, 7) is 12.0. The Morgan fingerprint density at radius 2 is 0.744 bits per heavy atom. The zero-order chi connectivity index (χ0) is 90.6. The van der Waals surface area contributed by atoms with Crippen molar-refractivity contribution in [2.45, 2.75) is 275 Å². The molecule has 1 aromatic rings. The lowest BCUT2D eigenvalue weighted by Crippen LogP contribution is -2.61. The third-order valence-electron chi connectivity index (χ3n) is 20.8. The van der Waals surface area contributed by atoms with Crippen molar-refractivity contribution in [1.29, 1.82) is 0 Å². The zero-order valence-corrected chi connectivity index (χ0v) is 71.3. The molecule has 4 rings (SSSR count). The molecule has 13 amide bonds. The van der Waals surface area contributed by atoms with Crippen LogP contribution in [0.1, 0.15) is 195 Å². The van der Waals surface area contributed by atoms with Crippen molar-refractivity contribution in [2.24, 2.45) is 79.3 Å². The number of carboxylic acids is 2. The molecule has 13 unspecified atom stereocenters. The smallest absolute Gasteiger partial charge is 0.326 e. The summed E-state index contributed by atoms with van der Waals surface area (Å²) in [4.78, 5) is 220. The maximum atomic E-state index is 15.1. The minimum Gasteiger partial charge on any atom is -0.508 e. The van der Waals surface area contributed by atoms with E-state index >= 15 is 4.79 Å². The van der Waals surface area contributed by atoms with E-state index in [4.69, 9.17) is 61.5 Å². The Kier molecular flexibility index (Phi) is 47.9. The molecular weight excluding hydrogens is 1570 g/mol. The first-order valence-corrected chi connectivity index (χ1v) is 42.1. The van der Waals surface area contributed by atoms with E-state index in [2.05, 4.69) is 63.2 Å². The molecule has 3 saturated heterocycles. The molecule has 3 aliphatic rings. The number of hydrogen-bond acceptors (Lipinski definition) is 23. The number of guanidine groups is 2. The summed E-state index contributed by atoms with van der Waals surface area (Å²) >= 11 is 0. The van der Waals surface area contributed by atoms with Crippen LogP contribution >= 0.6 is 0 Å². The molecule has 42 nitrogen and oxygen atoms in total. The Hall–Kier alpha value is -10.6. The quantitative estimate of drug-likeness (QED) is 0.0166. The molecule has 0 spiro atoms. The van der Waals surface area contributed by atoms with E-state index in [0.29, 0.717) is 102 Å². The average molecular weight is 1710 g/mol. The number of likely N-dealkylation sites (tertiary alicyclic amines) is 3. The third kappa shape index (κ3) is 37.1. The second-order valence-electron chi connectivity index (χ2n) is 31.8. The van der Waals surface area contributed by atoms with Crippen LogP contribution in [0.25, 0.3) is 0 Å². The van der Waals surface area contributed by atoms with Gasteiger partial charge in [0.2, 0.25) is 76.8 Å². The Bertz CT molecular complexity index is 3600. The summed E-state index contributed by atoms with van der Waals surface area (Å²) in [7, 11) is 0. The number of hydrogen-bond donors (Lipinski definition) is 22. The molecule has 1 aromatic carbocycles. The summed E-state index contributed by atoms with van der Waals surface area (Å²) in [5.74, 6) is -13.8. The molecule has 0 saturated carbocycles. The van der Waals surface area contributed by atoms with Crippen LogP contribution in [0.2, 0.25) is 0 Å². The zero-order valence-electron chi connectivity index (χ0n) is 71.3. The van der Waals surface area contributed by atoms with Crippen molar-refractivity contribution in [1.82, 2.24) is 67.9 Å². The van der Waals surface area contributed by atoms with Gasteiger partial charge in [0.25, 0.3) is 5.97 Å². The van der Waals surface area contributed by atoms with Crippen LogP contribution in [0.3, 0.4) is 0 Å². The number of nitrogens with zero attached hydrogens (tertiary/aromatic N) is 5. The normalized spacial score (nSPS) is 17.4. The number of rotatable bonds is 53. The minimum absolute atomic E-state index is 0.00599. The van der Waals surface area contributed by atoms with Crippen LogP contribution in [0.4, 0.5) is 0 Å². The molecule has 42 heteroatoms. The van der Waals surface area contributed by atoms with Gasteiger partial charge in [0, 0.05) is 46.1 Å². The van der Waals surface area contributed by atoms with Crippen molar-refractivity contribution in [3.63, 3.8) is 0 Å². The van der Waals surface area contributed by atoms with Crippen molar-refractivity contribution in [3.05, 3.63) is 29.8 Å². The van der Waals surface area contributed by atoms with E-state index in [-0.39, 0.29) is 134 Å². The Morgan fingerprint density at radius 1 is 0.413 bits per heavy atom. The Morgan fingerprint density at radius 3 is 1.16 bits per heavy atom. The van der Waals surface area contributed by atoms with Gasteiger partial charge in [0.1, 0.15) is 78.3 Å². The van der Waals surface area contributed by atoms with Gasteiger partial charge in [-0.05, 0) is 196 Å². The Balaban J connectivity index is 0.00000923. The number of carbonyl (C=O) groups is 15. The van der Waals surface area contributed by atoms with E-state index in [9.17, 15) is 72.5 Å². The van der Waals surface area contributed by atoms with Crippen LogP contribution < -0.4 is 105 Å². The number of aliphatic imine (C=N–C) groups is 2. The predicted octanol–water partition coefficient (Wildman–Crippen LogP) is -4.52. The van der Waals surface area contributed by atoms with Crippen LogP contribution in [0.15, 0.2) is 34.3 Å². The van der Waals surface area contributed by atoms with E-state index in [1.54, 1.807) is 53.7 Å². The van der Waals surface area contributed by atoms with Gasteiger partial charge in [-0.25, -0.2) is 4.79 Å². The summed E-state index contributed by atoms with van der Waals surface area (Å²) in [6, 6.07) is -10.1. The number of benzene rings is 1. The van der Waals surface area contributed by atoms with Gasteiger partial charge >= 0.3 is 5.97 Å². The van der Waals surface area contributed by atoms with Gasteiger partial charge in [-0.2, -0.15) is 0 Å². The average Bonchev–Trinajstić information content (AvgIpc) is 1.73. The van der Waals surface area contributed by atoms with Crippen LogP contribution in [0, 0.1) is 17.8 Å². The largest absolute Gasteiger partial charge is 0.508 e. The number of phenolic OH excluding ortho intramolecular Hbond substituents is 1. The molecule has 121 heavy (non-hydrogen) atoms. The molecule has 3 heterocycles. The van der Waals surface area contributed by atoms with Gasteiger partial charge in [0.15, 0.2) is 11.9 Å². The molecule has 31 N–H and O–H groups in total. The number of unbranched alkanes of at least 4 members (excludes halogenated alkanes) is 4. The number of nitrogens with two attached hydrogens (primary N) is 9. The number of nitrogens with one attached hydrogen (secondary N) is 10. The molecule has 0 radical (unpaired) electrons. The van der Waals surface area contributed by atoms with Crippen LogP contribution in [-0.2, 0) is 78.3 Å². The fourth-order valence-corrected chi connectivity index (χ4v) is 14.2. The van der Waals surface area contributed by atoms with Gasteiger partial charge in [-0.1, -0.05) is 60.1 Å². The summed E-state index contributed by atoms with van der Waals surface area (Å²) in [5.41, 5.74) is 52.6. The van der Waals surface area contributed by atoms with Crippen molar-refractivity contribution in [2.75, 3.05) is 65.4 Å². The van der Waals surface area contributed by atoms with Gasteiger partial charge < -0.3 is 135 Å². The number of phenols is 1. The number of aromatic hydroxyl groups is 1. The van der Waals surface area contributed by atoms with E-state index < -0.39 is 186 Å². The molecule has 0 bridgehead atoms. The predicted molar refractivity (Wildman–Crippen MR) is 451 cm³/mol. The first-order valence-electron chi connectivity index (χ1n) is 42.1. The minimum atomic E-state index is -1.45. The lowest BCUT2D eigenvalue weighted by atomic mass is 9.99. The van der Waals surface area contributed by atoms with E-state index in [1.807, 2.05) is 0 Å². The highest BCUT2D eigenvalue weighted by atomic mass is 16.4. The lowest BCUT2D eigenvalue weighted by Gasteiger charge is -2.32. The van der Waals surface area contributed by atoms with Crippen molar-refractivity contribution in [3.8, 4) is 5.75 Å². The maximum absolute atomic E-state index is 15.1. The Labute approximate surface area is 707 Å². The number of amides is 13. The number of aliphatic carboxylic acids is 2. The first kappa shape index (κ1) is 105. The van der Waals surface area contributed by atoms with Gasteiger partial charge in [-0.3, -0.25) is 77.1 Å². The summed E-state index contributed by atoms with van der Waals surface area (Å²) in [5, 5.41) is 54.6. The molecule has 0 aliphatic carbocycles. The van der Waals surface area contributed by atoms with Crippen molar-refractivity contribution >= 4 is 101 Å². The highest BCUT2D eigenvalue weighted by molar-refractivity contribution is 6.00. The maximum Gasteiger partial charge on any atom is 0.326 e. The number of carbonyl (C=O) groups excluding carboxylic acids is 13. The highest BCUT2D eigenvalue weighted by Gasteiger charge is 2.44. The molecule has 3 aliphatic heterocycles. The SMILES string of the molecule is CC(=O)O.CC(C)C(NC(=O)C(CCCCN)NC(=O)C(NC(=O)C1CCCN1C(=O)C(CCCN=C(N)N)NC(=O)C(CCCN=C(N)N)NC(=O)C(CCCCN)NC(=O)C(CCCCN)NC(=O)CNC(=O)C(NC(=O)C1CCCN1C(=O)C(N)CCCCN)C(C)C)C(C)C)C(=O)NC(Cc1ccc(O)cc1)C(=O)N1CCCC1C(=O)O. The van der Waals surface area contributed by atoms with Crippen LogP contribution in [-0.4, -0.2) is 275 Å². The fraction of sp³-hybridized carbons (Fsp3) is 0.709. The first-order chi connectivity index (χ1) is 57.3. The third-order valence-corrected chi connectivity index (χ3v) is 20.8. The van der Waals surface area contributed by atoms with Gasteiger partial charge in [0.05, 0.1) is 12.6 Å². The van der Waals surface area contributed by atoms with E-state index in [1.165, 1.54) is 26.8 Å². The second kappa shape index (κ2) is 55.4. The van der Waals surface area contributed by atoms with E-state index in [0.717, 1.165) is 6.92 Å². The molecule has 682 valence electrons. The fourth-order valence-electron chi connectivity index (χ4n) is 14.2. The monoisotopic (exact) mass is 1710 g/mol. The van der Waals surface area contributed by atoms with Crippen molar-refractivity contribution < 1.29 is 87.2 Å². The standard InChI is InChI=1S/C77H134N24O16.C2H4O2/c1-44(2)60(97-67(108)56-26-17-39-99(56)72(113)49(82)20-7-11-33-78)69(110)89-43-59(103)90-50(21-8-12-34-79)63(104)91-51(22-9-13-35-80)64(105)92-53(24-15-37-87-76(83)84)65(106)94-54(25-16-38-88-77(85)86)73(114)100-40-18-27-57(100)68(109)98-62(46(5)6)70(111)93-52(23-10-14-36-81)66(107)96-61(45(3)4)71(112)95-55(42-47-29-31-48(102)32-30-47)74(115)101-41-19-28-58(101)75(116)117;1-2(3)4/h29-32,44-46,49-58,60-62,102H,7-28,33-43,78-82H2,1-6H3,(H,89,110)(H,90,103)(H,91,104)(H,92,105)(H,93,111)(H,94,106)(H,95,112)(H,96,107)(H,97,108)(H,98,109)(H,116,117)(H4,83,84,87)(H4,85,86,88);1H3,(H,3,4). The van der Waals surface area contributed by atoms with Gasteiger partial charge in [-0.15, -0.1) is 0 Å². The summed E-state index contributed by atoms with van der Waals surface area (Å²) < 4.78 is 0. The molecule has 0 aromatic heterocycles.